The summed E-state index contributed by atoms with van der Waals surface area (Å²) in [5.41, 5.74) is 1.15. The van der Waals surface area contributed by atoms with Crippen molar-refractivity contribution in [2.75, 3.05) is 6.54 Å². The van der Waals surface area contributed by atoms with E-state index in [1.54, 1.807) is 0 Å². The SMILES string of the molecule is CCCNC(CCc1nccn1C)c1cc(Br)ccc1Cl. The Labute approximate surface area is 139 Å². The van der Waals surface area contributed by atoms with Crippen LogP contribution >= 0.6 is 27.5 Å². The summed E-state index contributed by atoms with van der Waals surface area (Å²) in [7, 11) is 2.03. The molecule has 0 bridgehead atoms. The Hall–Kier alpha value is -0.840. The summed E-state index contributed by atoms with van der Waals surface area (Å²) in [5.74, 6) is 1.10. The van der Waals surface area contributed by atoms with Gasteiger partial charge in [-0.1, -0.05) is 34.5 Å². The number of nitrogens with one attached hydrogen (secondary N) is 1. The highest BCUT2D eigenvalue weighted by Gasteiger charge is 2.15. The van der Waals surface area contributed by atoms with Crippen LogP contribution in [0.2, 0.25) is 5.02 Å². The van der Waals surface area contributed by atoms with Gasteiger partial charge >= 0.3 is 0 Å². The lowest BCUT2D eigenvalue weighted by Crippen LogP contribution is -2.23. The molecule has 0 aliphatic rings. The van der Waals surface area contributed by atoms with Crippen molar-refractivity contribution in [2.45, 2.75) is 32.2 Å². The third-order valence-corrected chi connectivity index (χ3v) is 4.39. The molecular formula is C16H21BrClN3. The fourth-order valence-corrected chi connectivity index (χ4v) is 3.01. The highest BCUT2D eigenvalue weighted by molar-refractivity contribution is 9.10. The highest BCUT2D eigenvalue weighted by atomic mass is 79.9. The van der Waals surface area contributed by atoms with Crippen LogP contribution in [0.3, 0.4) is 0 Å². The molecule has 0 saturated carbocycles. The van der Waals surface area contributed by atoms with Crippen molar-refractivity contribution in [3.8, 4) is 0 Å². The Morgan fingerprint density at radius 2 is 2.24 bits per heavy atom. The minimum atomic E-state index is 0.242. The first-order valence-corrected chi connectivity index (χ1v) is 8.43. The number of benzene rings is 1. The zero-order valence-corrected chi connectivity index (χ0v) is 14.8. The first-order valence-electron chi connectivity index (χ1n) is 7.26. The molecule has 1 unspecified atom stereocenters. The number of rotatable bonds is 7. The number of imidazole rings is 1. The Kier molecular flexibility index (Phi) is 6.27. The Morgan fingerprint density at radius 3 is 2.90 bits per heavy atom. The standard InChI is InChI=1S/C16H21BrClN3/c1-3-8-19-15(6-7-16-20-9-10-21(16)2)13-11-12(17)4-5-14(13)18/h4-5,9-11,15,19H,3,6-8H2,1-2H3. The average Bonchev–Trinajstić information content (AvgIpc) is 2.87. The lowest BCUT2D eigenvalue weighted by molar-refractivity contribution is 0.491. The van der Waals surface area contributed by atoms with Gasteiger partial charge in [-0.2, -0.15) is 0 Å². The van der Waals surface area contributed by atoms with Crippen LogP contribution in [0.25, 0.3) is 0 Å². The largest absolute Gasteiger partial charge is 0.338 e. The monoisotopic (exact) mass is 369 g/mol. The van der Waals surface area contributed by atoms with Gasteiger partial charge in [-0.3, -0.25) is 0 Å². The van der Waals surface area contributed by atoms with Crippen LogP contribution in [0.4, 0.5) is 0 Å². The maximum Gasteiger partial charge on any atom is 0.108 e. The van der Waals surface area contributed by atoms with Gasteiger partial charge in [-0.15, -0.1) is 0 Å². The molecule has 0 fully saturated rings. The first-order chi connectivity index (χ1) is 10.1. The maximum atomic E-state index is 6.38. The van der Waals surface area contributed by atoms with Gasteiger partial charge in [0.05, 0.1) is 0 Å². The van der Waals surface area contributed by atoms with Crippen LogP contribution < -0.4 is 5.32 Å². The van der Waals surface area contributed by atoms with E-state index in [-0.39, 0.29) is 6.04 Å². The average molecular weight is 371 g/mol. The third-order valence-electron chi connectivity index (χ3n) is 3.55. The molecule has 0 radical (unpaired) electrons. The van der Waals surface area contributed by atoms with E-state index >= 15 is 0 Å². The molecule has 1 N–H and O–H groups in total. The van der Waals surface area contributed by atoms with Crippen molar-refractivity contribution < 1.29 is 0 Å². The van der Waals surface area contributed by atoms with E-state index < -0.39 is 0 Å². The molecule has 2 rings (SSSR count). The van der Waals surface area contributed by atoms with Crippen LogP contribution in [-0.2, 0) is 13.5 Å². The van der Waals surface area contributed by atoms with Crippen molar-refractivity contribution in [2.24, 2.45) is 7.05 Å². The third kappa shape index (κ3) is 4.56. The topological polar surface area (TPSA) is 29.9 Å². The molecule has 0 saturated heterocycles. The normalized spacial score (nSPS) is 12.6. The van der Waals surface area contributed by atoms with E-state index in [4.69, 9.17) is 11.6 Å². The maximum absolute atomic E-state index is 6.38. The predicted octanol–water partition coefficient (Wildman–Crippen LogP) is 4.51. The molecule has 114 valence electrons. The van der Waals surface area contributed by atoms with Crippen LogP contribution in [-0.4, -0.2) is 16.1 Å². The highest BCUT2D eigenvalue weighted by Crippen LogP contribution is 2.29. The summed E-state index contributed by atoms with van der Waals surface area (Å²) >= 11 is 9.91. The number of nitrogens with zero attached hydrogens (tertiary/aromatic N) is 2. The van der Waals surface area contributed by atoms with Gasteiger partial charge in [0.25, 0.3) is 0 Å². The molecule has 2 aromatic rings. The fraction of sp³-hybridized carbons (Fsp3) is 0.438. The van der Waals surface area contributed by atoms with E-state index in [2.05, 4.69) is 43.8 Å². The van der Waals surface area contributed by atoms with Crippen molar-refractivity contribution in [1.29, 1.82) is 0 Å². The molecule has 0 spiro atoms. The molecule has 3 nitrogen and oxygen atoms in total. The van der Waals surface area contributed by atoms with Crippen LogP contribution in [0.1, 0.15) is 37.2 Å². The van der Waals surface area contributed by atoms with Crippen molar-refractivity contribution >= 4 is 27.5 Å². The van der Waals surface area contributed by atoms with Gasteiger partial charge in [-0.05, 0) is 43.1 Å². The van der Waals surface area contributed by atoms with E-state index in [1.165, 1.54) is 0 Å². The summed E-state index contributed by atoms with van der Waals surface area (Å²) < 4.78 is 3.13. The van der Waals surface area contributed by atoms with Gasteiger partial charge in [0, 0.05) is 41.4 Å². The summed E-state index contributed by atoms with van der Waals surface area (Å²) in [6.45, 7) is 3.15. The molecule has 5 heteroatoms. The molecule has 0 aliphatic carbocycles. The lowest BCUT2D eigenvalue weighted by Gasteiger charge is -2.20. The Morgan fingerprint density at radius 1 is 1.43 bits per heavy atom. The zero-order chi connectivity index (χ0) is 15.2. The second-order valence-corrected chi connectivity index (χ2v) is 6.49. The van der Waals surface area contributed by atoms with E-state index in [0.29, 0.717) is 0 Å². The van der Waals surface area contributed by atoms with Gasteiger partial charge in [0.15, 0.2) is 0 Å². The Bertz CT molecular complexity index is 583. The smallest absolute Gasteiger partial charge is 0.108 e. The van der Waals surface area contributed by atoms with Crippen molar-refractivity contribution in [1.82, 2.24) is 14.9 Å². The molecule has 0 amide bonds. The number of hydrogen-bond acceptors (Lipinski definition) is 2. The number of halogens is 2. The minimum absolute atomic E-state index is 0.242. The van der Waals surface area contributed by atoms with Crippen LogP contribution in [0.15, 0.2) is 35.1 Å². The molecule has 1 aromatic carbocycles. The fourth-order valence-electron chi connectivity index (χ4n) is 2.38. The van der Waals surface area contributed by atoms with Gasteiger partial charge in [-0.25, -0.2) is 4.98 Å². The minimum Gasteiger partial charge on any atom is -0.338 e. The van der Waals surface area contributed by atoms with E-state index in [1.807, 2.05) is 31.6 Å². The van der Waals surface area contributed by atoms with Gasteiger partial charge in [0.2, 0.25) is 0 Å². The summed E-state index contributed by atoms with van der Waals surface area (Å²) in [6.07, 6.45) is 6.82. The van der Waals surface area contributed by atoms with Crippen LogP contribution in [0, 0.1) is 0 Å². The van der Waals surface area contributed by atoms with Gasteiger partial charge in [0.1, 0.15) is 5.82 Å². The first kappa shape index (κ1) is 16.5. The molecular weight excluding hydrogens is 350 g/mol. The summed E-state index contributed by atoms with van der Waals surface area (Å²) in [6, 6.07) is 6.27. The van der Waals surface area contributed by atoms with Gasteiger partial charge < -0.3 is 9.88 Å². The van der Waals surface area contributed by atoms with E-state index in [0.717, 1.165) is 46.7 Å². The molecule has 0 aliphatic heterocycles. The van der Waals surface area contributed by atoms with E-state index in [9.17, 15) is 0 Å². The Balaban J connectivity index is 2.13. The lowest BCUT2D eigenvalue weighted by atomic mass is 10.0. The summed E-state index contributed by atoms with van der Waals surface area (Å²) in [4.78, 5) is 4.39. The second kappa shape index (κ2) is 7.97. The van der Waals surface area contributed by atoms with Crippen LogP contribution in [0.5, 0.6) is 0 Å². The predicted molar refractivity (Wildman–Crippen MR) is 91.7 cm³/mol. The number of hydrogen-bond donors (Lipinski definition) is 1. The molecule has 21 heavy (non-hydrogen) atoms. The summed E-state index contributed by atoms with van der Waals surface area (Å²) in [5, 5.41) is 4.41. The quantitative estimate of drug-likeness (QED) is 0.777. The second-order valence-electron chi connectivity index (χ2n) is 5.17. The molecule has 1 heterocycles. The van der Waals surface area contributed by atoms with Crippen molar-refractivity contribution in [3.63, 3.8) is 0 Å². The molecule has 1 atom stereocenters. The number of aryl methyl sites for hydroxylation is 2. The number of aromatic nitrogens is 2. The molecule has 1 aromatic heterocycles. The zero-order valence-electron chi connectivity index (χ0n) is 12.4. The van der Waals surface area contributed by atoms with Crippen molar-refractivity contribution in [3.05, 3.63) is 51.5 Å².